The third-order valence-corrected chi connectivity index (χ3v) is 12.5. The zero-order valence-electron chi connectivity index (χ0n) is 28.1. The van der Waals surface area contributed by atoms with Gasteiger partial charge in [-0.3, -0.25) is 9.69 Å². The molecule has 51 heavy (non-hydrogen) atoms. The van der Waals surface area contributed by atoms with Crippen LogP contribution in [0.25, 0.3) is 32.1 Å². The molecule has 2 aromatic heterocycles. The summed E-state index contributed by atoms with van der Waals surface area (Å²) in [6.45, 7) is 4.61. The number of nitriles is 1. The molecule has 5 heterocycles. The van der Waals surface area contributed by atoms with Gasteiger partial charge in [0.2, 0.25) is 5.91 Å². The lowest BCUT2D eigenvalue weighted by Crippen LogP contribution is -2.62. The molecule has 2 aromatic carbocycles. The summed E-state index contributed by atoms with van der Waals surface area (Å²) in [6.07, 6.45) is 3.68. The fourth-order valence-electron chi connectivity index (χ4n) is 8.41. The zero-order chi connectivity index (χ0) is 36.0. The van der Waals surface area contributed by atoms with E-state index in [-0.39, 0.29) is 65.9 Å². The molecule has 0 bridgehead atoms. The number of benzene rings is 2. The van der Waals surface area contributed by atoms with Gasteiger partial charge in [-0.1, -0.05) is 24.1 Å². The predicted molar refractivity (Wildman–Crippen MR) is 188 cm³/mol. The van der Waals surface area contributed by atoms with Gasteiger partial charge in [0.15, 0.2) is 5.82 Å². The van der Waals surface area contributed by atoms with Crippen molar-refractivity contribution in [3.8, 4) is 23.2 Å². The minimum absolute atomic E-state index is 0.0105. The van der Waals surface area contributed by atoms with Crippen LogP contribution < -0.4 is 15.4 Å². The van der Waals surface area contributed by atoms with E-state index in [9.17, 15) is 23.2 Å². The third-order valence-electron chi connectivity index (χ3n) is 11.2. The highest BCUT2D eigenvalue weighted by molar-refractivity contribution is 7.23. The van der Waals surface area contributed by atoms with Gasteiger partial charge >= 0.3 is 6.01 Å². The van der Waals surface area contributed by atoms with Gasteiger partial charge < -0.3 is 20.3 Å². The van der Waals surface area contributed by atoms with Crippen molar-refractivity contribution in [3.05, 3.63) is 40.4 Å². The lowest BCUT2D eigenvalue weighted by molar-refractivity contribution is -0.147. The van der Waals surface area contributed by atoms with E-state index in [0.29, 0.717) is 37.4 Å². The molecule has 2 N–H and O–H groups in total. The van der Waals surface area contributed by atoms with E-state index in [0.717, 1.165) is 50.0 Å². The number of hydrogen-bond donors (Lipinski definition) is 1. The number of nitrogens with two attached hydrogens (primary N) is 1. The average Bonchev–Trinajstić information content (AvgIpc) is 3.40. The van der Waals surface area contributed by atoms with E-state index in [1.54, 1.807) is 6.07 Å². The molecular weight excluding hydrogens is 706 g/mol. The maximum absolute atomic E-state index is 17.1. The highest BCUT2D eigenvalue weighted by atomic mass is 35.5. The number of thiophene rings is 1. The second kappa shape index (κ2) is 12.3. The van der Waals surface area contributed by atoms with Crippen LogP contribution in [0.4, 0.5) is 28.4 Å². The van der Waals surface area contributed by atoms with Crippen LogP contribution in [0.3, 0.4) is 0 Å². The normalized spacial score (nSPS) is 23.3. The van der Waals surface area contributed by atoms with Crippen LogP contribution in [0.15, 0.2) is 18.2 Å². The number of carbonyl (C=O) groups is 1. The minimum Gasteiger partial charge on any atom is -0.459 e. The fourth-order valence-corrected chi connectivity index (χ4v) is 9.65. The standard InChI is InChI=1S/C36H36ClF4N7O2S/c1-18(25-6-5-10-46(25)2)50-34-44-29-20(12-23(37)27(28(29)39)19-7-8-24(38)30-26(19)21(14-42)31(43)51-30)32(45-34)47-11-4-3-9-35(15-47)16-48(17-35)33(49)22-13-36(22,40)41/h7-8,12,18,22,25H,3-6,9-11,13,15-17,43H2,1-2H3/t18-,22+,25-/m0/s1. The highest BCUT2D eigenvalue weighted by Gasteiger charge is 2.64. The second-order valence-corrected chi connectivity index (χ2v) is 16.1. The van der Waals surface area contributed by atoms with Gasteiger partial charge in [-0.05, 0) is 63.9 Å². The zero-order valence-corrected chi connectivity index (χ0v) is 29.7. The Kier molecular flexibility index (Phi) is 8.27. The fraction of sp³-hybridized carbons (Fsp3) is 0.500. The molecule has 268 valence electrons. The van der Waals surface area contributed by atoms with Crippen LogP contribution in [0.2, 0.25) is 5.02 Å². The molecule has 15 heteroatoms. The maximum atomic E-state index is 17.1. The number of hydrogen-bond acceptors (Lipinski definition) is 9. The van der Waals surface area contributed by atoms with Crippen molar-refractivity contribution >= 4 is 60.7 Å². The van der Waals surface area contributed by atoms with E-state index in [2.05, 4.69) is 9.88 Å². The molecule has 4 aromatic rings. The van der Waals surface area contributed by atoms with Gasteiger partial charge in [-0.15, -0.1) is 11.3 Å². The molecule has 1 saturated carbocycles. The van der Waals surface area contributed by atoms with Crippen molar-refractivity contribution in [2.24, 2.45) is 11.3 Å². The number of amides is 1. The topological polar surface area (TPSA) is 112 Å². The van der Waals surface area contributed by atoms with Crippen molar-refractivity contribution in [3.63, 3.8) is 0 Å². The summed E-state index contributed by atoms with van der Waals surface area (Å²) < 4.78 is 66.0. The summed E-state index contributed by atoms with van der Waals surface area (Å²) in [5.41, 5.74) is 5.87. The number of aromatic nitrogens is 2. The summed E-state index contributed by atoms with van der Waals surface area (Å²) in [5.74, 6) is -5.63. The summed E-state index contributed by atoms with van der Waals surface area (Å²) in [5, 5.41) is 10.5. The first-order chi connectivity index (χ1) is 24.3. The summed E-state index contributed by atoms with van der Waals surface area (Å²) in [7, 11) is 2.03. The highest BCUT2D eigenvalue weighted by Crippen LogP contribution is 2.52. The van der Waals surface area contributed by atoms with Gasteiger partial charge in [0.05, 0.1) is 15.3 Å². The van der Waals surface area contributed by atoms with E-state index in [4.69, 9.17) is 27.1 Å². The molecule has 4 aliphatic rings. The van der Waals surface area contributed by atoms with Crippen molar-refractivity contribution in [1.82, 2.24) is 19.8 Å². The first-order valence-electron chi connectivity index (χ1n) is 17.2. The van der Waals surface area contributed by atoms with Crippen LogP contribution in [0.5, 0.6) is 6.01 Å². The number of alkyl halides is 2. The number of carbonyl (C=O) groups excluding carboxylic acids is 1. The first-order valence-corrected chi connectivity index (χ1v) is 18.4. The van der Waals surface area contributed by atoms with Crippen LogP contribution in [0.1, 0.15) is 51.0 Å². The van der Waals surface area contributed by atoms with Crippen LogP contribution in [-0.2, 0) is 4.79 Å². The lowest BCUT2D eigenvalue weighted by Gasteiger charge is -2.51. The van der Waals surface area contributed by atoms with Crippen LogP contribution in [-0.4, -0.2) is 83.5 Å². The minimum atomic E-state index is -2.93. The van der Waals surface area contributed by atoms with E-state index >= 15 is 4.39 Å². The number of likely N-dealkylation sites (tertiary alicyclic amines) is 2. The first kappa shape index (κ1) is 34.2. The Morgan fingerprint density at radius 2 is 1.94 bits per heavy atom. The van der Waals surface area contributed by atoms with E-state index in [1.807, 2.05) is 24.9 Å². The van der Waals surface area contributed by atoms with Crippen LogP contribution >= 0.6 is 22.9 Å². The van der Waals surface area contributed by atoms with Crippen molar-refractivity contribution < 1.29 is 27.1 Å². The maximum Gasteiger partial charge on any atom is 0.319 e. The Balaban J connectivity index is 1.23. The lowest BCUT2D eigenvalue weighted by atomic mass is 9.75. The van der Waals surface area contributed by atoms with Crippen molar-refractivity contribution in [1.29, 1.82) is 5.26 Å². The molecule has 1 aliphatic carbocycles. The number of ether oxygens (including phenoxy) is 1. The molecule has 3 saturated heterocycles. The summed E-state index contributed by atoms with van der Waals surface area (Å²) >= 11 is 7.81. The Morgan fingerprint density at radius 3 is 2.63 bits per heavy atom. The molecule has 9 nitrogen and oxygen atoms in total. The quantitative estimate of drug-likeness (QED) is 0.206. The molecule has 0 radical (unpaired) electrons. The van der Waals surface area contributed by atoms with Gasteiger partial charge in [0.1, 0.15) is 40.2 Å². The van der Waals surface area contributed by atoms with Crippen molar-refractivity contribution in [2.45, 2.75) is 63.5 Å². The van der Waals surface area contributed by atoms with Gasteiger partial charge in [0, 0.05) is 60.4 Å². The number of nitrogen functional groups attached to an aromatic ring is 1. The number of fused-ring (bicyclic) bond motifs is 2. The van der Waals surface area contributed by atoms with Gasteiger partial charge in [-0.25, -0.2) is 17.6 Å². The molecule has 3 aliphatic heterocycles. The smallest absolute Gasteiger partial charge is 0.319 e. The molecule has 3 atom stereocenters. The van der Waals surface area contributed by atoms with E-state index in [1.165, 1.54) is 17.0 Å². The van der Waals surface area contributed by atoms with Crippen LogP contribution in [0, 0.1) is 34.3 Å². The molecule has 0 unspecified atom stereocenters. The summed E-state index contributed by atoms with van der Waals surface area (Å²) in [4.78, 5) is 28.0. The van der Waals surface area contributed by atoms with Gasteiger partial charge in [0.25, 0.3) is 5.92 Å². The summed E-state index contributed by atoms with van der Waals surface area (Å²) in [6, 6.07) is 6.29. The Labute approximate surface area is 300 Å². The second-order valence-electron chi connectivity index (χ2n) is 14.6. The largest absolute Gasteiger partial charge is 0.459 e. The Bertz CT molecular complexity index is 2130. The monoisotopic (exact) mass is 741 g/mol. The number of nitrogens with zero attached hydrogens (tertiary/aromatic N) is 6. The SMILES string of the molecule is C[C@H](Oc1nc(N2CCCCC3(CN(C(=O)[C@H]4CC4(F)F)C3)C2)c2cc(Cl)c(-c3ccc(F)c4sc(N)c(C#N)c34)c(F)c2n1)[C@@H]1CCCN1C. The molecular formula is C36H36ClF4N7O2S. The number of rotatable bonds is 6. The Hall–Kier alpha value is -3.93. The molecule has 4 fully saturated rings. The predicted octanol–water partition coefficient (Wildman–Crippen LogP) is 7.23. The number of anilines is 2. The third kappa shape index (κ3) is 5.72. The molecule has 1 amide bonds. The average molecular weight is 742 g/mol. The number of likely N-dealkylation sites (N-methyl/N-ethyl adjacent to an activating group) is 1. The van der Waals surface area contributed by atoms with E-state index < -0.39 is 35.8 Å². The van der Waals surface area contributed by atoms with Crippen molar-refractivity contribution in [2.75, 3.05) is 50.4 Å². The van der Waals surface area contributed by atoms with Gasteiger partial charge in [-0.2, -0.15) is 15.2 Å². The Morgan fingerprint density at radius 1 is 1.18 bits per heavy atom. The number of halogens is 5. The molecule has 1 spiro atoms. The molecule has 8 rings (SSSR count).